The highest BCUT2D eigenvalue weighted by atomic mass is 79.9. The molecule has 0 fully saturated rings. The van der Waals surface area contributed by atoms with Crippen LogP contribution in [0, 0.1) is 0 Å². The first kappa shape index (κ1) is 16.7. The first-order chi connectivity index (χ1) is 9.95. The summed E-state index contributed by atoms with van der Waals surface area (Å²) >= 11 is 16.8. The summed E-state index contributed by atoms with van der Waals surface area (Å²) in [7, 11) is 0. The second-order valence-electron chi connectivity index (χ2n) is 4.33. The number of carbonyl (C=O) groups is 1. The lowest BCUT2D eigenvalue weighted by Crippen LogP contribution is -2.22. The summed E-state index contributed by atoms with van der Waals surface area (Å²) in [5, 5.41) is 3.77. The van der Waals surface area contributed by atoms with E-state index in [-0.39, 0.29) is 11.2 Å². The van der Waals surface area contributed by atoms with Crippen LogP contribution in [0.25, 0.3) is 0 Å². The Morgan fingerprint density at radius 1 is 1.19 bits per heavy atom. The van der Waals surface area contributed by atoms with Crippen molar-refractivity contribution in [2.75, 3.05) is 5.32 Å². The molecule has 0 radical (unpaired) electrons. The van der Waals surface area contributed by atoms with E-state index >= 15 is 0 Å². The van der Waals surface area contributed by atoms with Crippen molar-refractivity contribution in [1.82, 2.24) is 0 Å². The number of carbonyl (C=O) groups excluding carboxylic acids is 1. The predicted molar refractivity (Wildman–Crippen MR) is 94.6 cm³/mol. The van der Waals surface area contributed by atoms with Crippen molar-refractivity contribution in [2.24, 2.45) is 0 Å². The van der Waals surface area contributed by atoms with Crippen LogP contribution in [0.5, 0.6) is 0 Å². The highest BCUT2D eigenvalue weighted by Gasteiger charge is 2.16. The molecule has 2 aromatic rings. The zero-order chi connectivity index (χ0) is 15.4. The lowest BCUT2D eigenvalue weighted by Gasteiger charge is -2.13. The minimum absolute atomic E-state index is 0.0848. The maximum atomic E-state index is 12.2. The standard InChI is InChI=1S/C15H12BrCl2NOS/c1-9(21-14-8-11(17)4-7-13(14)18)15(20)19-12-5-2-10(16)3-6-12/h2-9H,1H3,(H,19,20)/t9-/m1/s1. The highest BCUT2D eigenvalue weighted by molar-refractivity contribution is 9.10. The van der Waals surface area contributed by atoms with Gasteiger partial charge in [0.1, 0.15) is 0 Å². The van der Waals surface area contributed by atoms with E-state index in [0.717, 1.165) is 15.1 Å². The van der Waals surface area contributed by atoms with Crippen LogP contribution in [-0.4, -0.2) is 11.2 Å². The lowest BCUT2D eigenvalue weighted by molar-refractivity contribution is -0.115. The third-order valence-electron chi connectivity index (χ3n) is 2.68. The molecule has 0 bridgehead atoms. The molecule has 2 rings (SSSR count). The van der Waals surface area contributed by atoms with Crippen molar-refractivity contribution in [3.8, 4) is 0 Å². The normalized spacial score (nSPS) is 12.0. The van der Waals surface area contributed by atoms with Gasteiger partial charge in [-0.25, -0.2) is 0 Å². The second kappa shape index (κ2) is 7.54. The minimum atomic E-state index is -0.287. The van der Waals surface area contributed by atoms with Gasteiger partial charge in [0.2, 0.25) is 5.91 Å². The van der Waals surface area contributed by atoms with Crippen LogP contribution < -0.4 is 5.32 Å². The van der Waals surface area contributed by atoms with Crippen LogP contribution in [0.2, 0.25) is 10.0 Å². The Hall–Kier alpha value is -0.680. The first-order valence-electron chi connectivity index (χ1n) is 6.14. The molecule has 110 valence electrons. The van der Waals surface area contributed by atoms with E-state index in [1.807, 2.05) is 31.2 Å². The Labute approximate surface area is 146 Å². The highest BCUT2D eigenvalue weighted by Crippen LogP contribution is 2.33. The molecule has 0 saturated carbocycles. The van der Waals surface area contributed by atoms with Crippen molar-refractivity contribution in [3.05, 3.63) is 57.0 Å². The Bertz CT molecular complexity index is 649. The summed E-state index contributed by atoms with van der Waals surface area (Å²) in [6.07, 6.45) is 0. The zero-order valence-corrected chi connectivity index (χ0v) is 15.0. The smallest absolute Gasteiger partial charge is 0.237 e. The molecule has 0 unspecified atom stereocenters. The molecule has 6 heteroatoms. The number of nitrogens with one attached hydrogen (secondary N) is 1. The molecule has 2 nitrogen and oxygen atoms in total. The molecule has 0 aliphatic rings. The first-order valence-corrected chi connectivity index (χ1v) is 8.56. The fourth-order valence-corrected chi connectivity index (χ4v) is 3.26. The number of thioether (sulfide) groups is 1. The van der Waals surface area contributed by atoms with Crippen molar-refractivity contribution >= 4 is 62.5 Å². The Balaban J connectivity index is 2.02. The fourth-order valence-electron chi connectivity index (χ4n) is 1.59. The quantitative estimate of drug-likeness (QED) is 0.645. The lowest BCUT2D eigenvalue weighted by atomic mass is 10.3. The minimum Gasteiger partial charge on any atom is -0.325 e. The molecule has 0 spiro atoms. The van der Waals surface area contributed by atoms with Gasteiger partial charge in [-0.05, 0) is 49.4 Å². The van der Waals surface area contributed by atoms with Gasteiger partial charge in [-0.2, -0.15) is 0 Å². The van der Waals surface area contributed by atoms with E-state index in [4.69, 9.17) is 23.2 Å². The van der Waals surface area contributed by atoms with Gasteiger partial charge >= 0.3 is 0 Å². The molecule has 1 amide bonds. The number of hydrogen-bond donors (Lipinski definition) is 1. The van der Waals surface area contributed by atoms with E-state index in [9.17, 15) is 4.79 Å². The van der Waals surface area contributed by atoms with Crippen LogP contribution in [0.4, 0.5) is 5.69 Å². The number of hydrogen-bond acceptors (Lipinski definition) is 2. The summed E-state index contributed by atoms with van der Waals surface area (Å²) in [6.45, 7) is 1.83. The predicted octanol–water partition coefficient (Wildman–Crippen LogP) is 5.88. The average molecular weight is 405 g/mol. The van der Waals surface area contributed by atoms with Gasteiger partial charge in [0.15, 0.2) is 0 Å². The van der Waals surface area contributed by atoms with Crippen molar-refractivity contribution < 1.29 is 4.79 Å². The van der Waals surface area contributed by atoms with Gasteiger partial charge in [-0.1, -0.05) is 39.1 Å². The van der Waals surface area contributed by atoms with Crippen LogP contribution in [0.1, 0.15) is 6.92 Å². The maximum Gasteiger partial charge on any atom is 0.237 e. The third-order valence-corrected chi connectivity index (χ3v) is 5.04. The monoisotopic (exact) mass is 403 g/mol. The van der Waals surface area contributed by atoms with Gasteiger partial charge in [-0.3, -0.25) is 4.79 Å². The Kier molecular flexibility index (Phi) is 5.99. The van der Waals surface area contributed by atoms with Crippen LogP contribution in [0.3, 0.4) is 0 Å². The fraction of sp³-hybridized carbons (Fsp3) is 0.133. The zero-order valence-electron chi connectivity index (χ0n) is 11.1. The number of amides is 1. The molecule has 21 heavy (non-hydrogen) atoms. The number of halogens is 3. The molecule has 0 saturated heterocycles. The Morgan fingerprint density at radius 3 is 2.52 bits per heavy atom. The topological polar surface area (TPSA) is 29.1 Å². The summed E-state index contributed by atoms with van der Waals surface area (Å²) in [5.74, 6) is -0.0848. The van der Waals surface area contributed by atoms with Crippen LogP contribution in [-0.2, 0) is 4.79 Å². The number of anilines is 1. The molecular formula is C15H12BrCl2NOS. The molecule has 2 aromatic carbocycles. The van der Waals surface area contributed by atoms with Crippen molar-refractivity contribution in [3.63, 3.8) is 0 Å². The van der Waals surface area contributed by atoms with Gasteiger partial charge in [0.05, 0.1) is 10.3 Å². The third kappa shape index (κ3) is 4.92. The summed E-state index contributed by atoms with van der Waals surface area (Å²) < 4.78 is 0.966. The number of benzene rings is 2. The number of rotatable bonds is 4. The molecule has 1 N–H and O–H groups in total. The molecule has 0 heterocycles. The van der Waals surface area contributed by atoms with Crippen molar-refractivity contribution in [1.29, 1.82) is 0 Å². The second-order valence-corrected chi connectivity index (χ2v) is 7.47. The van der Waals surface area contributed by atoms with E-state index in [1.54, 1.807) is 18.2 Å². The summed E-state index contributed by atoms with van der Waals surface area (Å²) in [6, 6.07) is 12.6. The van der Waals surface area contributed by atoms with Crippen molar-refractivity contribution in [2.45, 2.75) is 17.1 Å². The average Bonchev–Trinajstić information content (AvgIpc) is 2.45. The van der Waals surface area contributed by atoms with E-state index in [1.165, 1.54) is 11.8 Å². The molecule has 0 aromatic heterocycles. The maximum absolute atomic E-state index is 12.2. The van der Waals surface area contributed by atoms with E-state index < -0.39 is 0 Å². The van der Waals surface area contributed by atoms with Gasteiger partial charge < -0.3 is 5.32 Å². The molecule has 0 aliphatic carbocycles. The SMILES string of the molecule is C[C@@H](Sc1cc(Cl)ccc1Cl)C(=O)Nc1ccc(Br)cc1. The van der Waals surface area contributed by atoms with E-state index in [2.05, 4.69) is 21.2 Å². The molecule has 1 atom stereocenters. The molecular weight excluding hydrogens is 393 g/mol. The Morgan fingerprint density at radius 2 is 1.86 bits per heavy atom. The largest absolute Gasteiger partial charge is 0.325 e. The van der Waals surface area contributed by atoms with Gasteiger partial charge in [0, 0.05) is 20.1 Å². The van der Waals surface area contributed by atoms with Crippen LogP contribution in [0.15, 0.2) is 51.8 Å². The van der Waals surface area contributed by atoms with Crippen LogP contribution >= 0.6 is 50.9 Å². The van der Waals surface area contributed by atoms with Gasteiger partial charge in [-0.15, -0.1) is 11.8 Å². The summed E-state index contributed by atoms with van der Waals surface area (Å²) in [5.41, 5.74) is 0.757. The van der Waals surface area contributed by atoms with E-state index in [0.29, 0.717) is 10.0 Å². The van der Waals surface area contributed by atoms with Gasteiger partial charge in [0.25, 0.3) is 0 Å². The summed E-state index contributed by atoms with van der Waals surface area (Å²) in [4.78, 5) is 13.0. The molecule has 0 aliphatic heterocycles.